The van der Waals surface area contributed by atoms with Gasteiger partial charge in [-0.15, -0.1) is 0 Å². The van der Waals surface area contributed by atoms with E-state index in [2.05, 4.69) is 22.4 Å². The third kappa shape index (κ3) is 4.22. The van der Waals surface area contributed by atoms with Gasteiger partial charge in [0.15, 0.2) is 5.82 Å². The highest BCUT2D eigenvalue weighted by Crippen LogP contribution is 2.11. The molecule has 0 radical (unpaired) electrons. The van der Waals surface area contributed by atoms with Crippen molar-refractivity contribution in [3.05, 3.63) is 35.4 Å². The Morgan fingerprint density at radius 3 is 2.95 bits per heavy atom. The first-order valence-corrected chi connectivity index (χ1v) is 6.81. The van der Waals surface area contributed by atoms with Crippen molar-refractivity contribution in [2.75, 3.05) is 6.54 Å². The first kappa shape index (κ1) is 14.3. The van der Waals surface area contributed by atoms with E-state index in [1.165, 1.54) is 0 Å². The van der Waals surface area contributed by atoms with Gasteiger partial charge in [-0.25, -0.2) is 0 Å². The Balaban J connectivity index is 1.84. The van der Waals surface area contributed by atoms with Crippen LogP contribution in [-0.2, 0) is 17.6 Å². The molecule has 0 aromatic carbocycles. The van der Waals surface area contributed by atoms with Gasteiger partial charge in [0.25, 0.3) is 0 Å². The Labute approximate surface area is 117 Å². The zero-order valence-corrected chi connectivity index (χ0v) is 11.8. The summed E-state index contributed by atoms with van der Waals surface area (Å²) in [5.41, 5.74) is 0. The maximum atomic E-state index is 11.6. The van der Waals surface area contributed by atoms with Gasteiger partial charge in [0.05, 0.1) is 12.8 Å². The fourth-order valence-electron chi connectivity index (χ4n) is 1.77. The molecule has 0 aliphatic carbocycles. The predicted molar refractivity (Wildman–Crippen MR) is 72.2 cm³/mol. The van der Waals surface area contributed by atoms with Gasteiger partial charge in [0.2, 0.25) is 11.8 Å². The van der Waals surface area contributed by atoms with Gasteiger partial charge in [-0.2, -0.15) is 4.98 Å². The molecule has 2 rings (SSSR count). The second kappa shape index (κ2) is 6.88. The zero-order chi connectivity index (χ0) is 14.4. The number of unbranched alkanes of at least 4 members (excludes halogenated alkanes) is 1. The SMILES string of the molecule is CCCCNC(=O)Cc1noc(Cc2ccc(C)o2)n1. The van der Waals surface area contributed by atoms with Crippen molar-refractivity contribution >= 4 is 5.91 Å². The van der Waals surface area contributed by atoms with Crippen LogP contribution in [0.25, 0.3) is 0 Å². The highest BCUT2D eigenvalue weighted by Gasteiger charge is 2.12. The van der Waals surface area contributed by atoms with Crippen molar-refractivity contribution in [2.24, 2.45) is 0 Å². The summed E-state index contributed by atoms with van der Waals surface area (Å²) in [5, 5.41) is 6.61. The molecule has 0 unspecified atom stereocenters. The van der Waals surface area contributed by atoms with E-state index in [-0.39, 0.29) is 12.3 Å². The molecule has 6 nitrogen and oxygen atoms in total. The first-order chi connectivity index (χ1) is 9.67. The van der Waals surface area contributed by atoms with Gasteiger partial charge >= 0.3 is 0 Å². The number of hydrogen-bond donors (Lipinski definition) is 1. The fraction of sp³-hybridized carbons (Fsp3) is 0.500. The highest BCUT2D eigenvalue weighted by atomic mass is 16.5. The van der Waals surface area contributed by atoms with Gasteiger partial charge in [-0.1, -0.05) is 18.5 Å². The van der Waals surface area contributed by atoms with Gasteiger partial charge in [0.1, 0.15) is 11.5 Å². The number of nitrogens with zero attached hydrogens (tertiary/aromatic N) is 2. The number of rotatable bonds is 7. The van der Waals surface area contributed by atoms with Crippen LogP contribution in [0.1, 0.15) is 43.0 Å². The third-order valence-corrected chi connectivity index (χ3v) is 2.80. The smallest absolute Gasteiger partial charge is 0.234 e. The second-order valence-corrected chi connectivity index (χ2v) is 4.67. The molecule has 2 heterocycles. The van der Waals surface area contributed by atoms with Crippen molar-refractivity contribution in [3.8, 4) is 0 Å². The summed E-state index contributed by atoms with van der Waals surface area (Å²) >= 11 is 0. The molecule has 0 saturated carbocycles. The quantitative estimate of drug-likeness (QED) is 0.783. The Kier molecular flexibility index (Phi) is 4.92. The number of aryl methyl sites for hydroxylation is 1. The molecule has 0 atom stereocenters. The number of amides is 1. The summed E-state index contributed by atoms with van der Waals surface area (Å²) in [6.07, 6.45) is 2.61. The van der Waals surface area contributed by atoms with Crippen molar-refractivity contribution in [2.45, 2.75) is 39.5 Å². The van der Waals surface area contributed by atoms with E-state index in [4.69, 9.17) is 8.94 Å². The van der Waals surface area contributed by atoms with Crippen molar-refractivity contribution in [1.29, 1.82) is 0 Å². The minimum atomic E-state index is -0.0837. The molecule has 20 heavy (non-hydrogen) atoms. The van der Waals surface area contributed by atoms with Crippen LogP contribution in [0.4, 0.5) is 0 Å². The highest BCUT2D eigenvalue weighted by molar-refractivity contribution is 5.77. The molecular weight excluding hydrogens is 258 g/mol. The van der Waals surface area contributed by atoms with Crippen LogP contribution in [0.3, 0.4) is 0 Å². The zero-order valence-electron chi connectivity index (χ0n) is 11.8. The van der Waals surface area contributed by atoms with E-state index in [1.807, 2.05) is 19.1 Å². The van der Waals surface area contributed by atoms with Crippen LogP contribution in [-0.4, -0.2) is 22.6 Å². The molecule has 1 N–H and O–H groups in total. The van der Waals surface area contributed by atoms with Gasteiger partial charge in [-0.05, 0) is 25.5 Å². The number of furan rings is 1. The lowest BCUT2D eigenvalue weighted by atomic mass is 10.3. The number of carbonyl (C=O) groups excluding carboxylic acids is 1. The number of hydrogen-bond acceptors (Lipinski definition) is 5. The predicted octanol–water partition coefficient (Wildman–Crippen LogP) is 2.02. The minimum Gasteiger partial charge on any atom is -0.466 e. The van der Waals surface area contributed by atoms with Crippen LogP contribution in [0.15, 0.2) is 21.1 Å². The molecule has 0 spiro atoms. The number of carbonyl (C=O) groups is 1. The van der Waals surface area contributed by atoms with Gasteiger partial charge in [0, 0.05) is 6.54 Å². The monoisotopic (exact) mass is 277 g/mol. The molecule has 1 amide bonds. The average molecular weight is 277 g/mol. The minimum absolute atomic E-state index is 0.0837. The van der Waals surface area contributed by atoms with E-state index < -0.39 is 0 Å². The lowest BCUT2D eigenvalue weighted by molar-refractivity contribution is -0.120. The standard InChI is InChI=1S/C14H19N3O3/c1-3-4-7-15-13(18)9-12-16-14(20-17-12)8-11-6-5-10(2)19-11/h5-6H,3-4,7-9H2,1-2H3,(H,15,18). The third-order valence-electron chi connectivity index (χ3n) is 2.80. The van der Waals surface area contributed by atoms with Gasteiger partial charge in [-0.3, -0.25) is 4.79 Å². The summed E-state index contributed by atoms with van der Waals surface area (Å²) in [6, 6.07) is 3.75. The fourth-order valence-corrected chi connectivity index (χ4v) is 1.77. The molecule has 0 bridgehead atoms. The van der Waals surface area contributed by atoms with Gasteiger partial charge < -0.3 is 14.3 Å². The maximum absolute atomic E-state index is 11.6. The van der Waals surface area contributed by atoms with Crippen LogP contribution in [0.2, 0.25) is 0 Å². The van der Waals surface area contributed by atoms with E-state index in [9.17, 15) is 4.79 Å². The lowest BCUT2D eigenvalue weighted by Gasteiger charge is -2.00. The van der Waals surface area contributed by atoms with Crippen molar-refractivity contribution < 1.29 is 13.7 Å². The Bertz CT molecular complexity index is 560. The van der Waals surface area contributed by atoms with Crippen molar-refractivity contribution in [3.63, 3.8) is 0 Å². The summed E-state index contributed by atoms with van der Waals surface area (Å²) in [7, 11) is 0. The van der Waals surface area contributed by atoms with Crippen LogP contribution < -0.4 is 5.32 Å². The second-order valence-electron chi connectivity index (χ2n) is 4.67. The molecule has 0 saturated heterocycles. The van der Waals surface area contributed by atoms with Crippen LogP contribution in [0.5, 0.6) is 0 Å². The molecule has 0 aliphatic heterocycles. The lowest BCUT2D eigenvalue weighted by Crippen LogP contribution is -2.26. The van der Waals surface area contributed by atoms with E-state index in [0.717, 1.165) is 24.4 Å². The topological polar surface area (TPSA) is 81.2 Å². The molecular formula is C14H19N3O3. The maximum Gasteiger partial charge on any atom is 0.234 e. The Morgan fingerprint density at radius 1 is 1.40 bits per heavy atom. The molecule has 2 aromatic rings. The Morgan fingerprint density at radius 2 is 2.25 bits per heavy atom. The van der Waals surface area contributed by atoms with E-state index >= 15 is 0 Å². The van der Waals surface area contributed by atoms with E-state index in [0.29, 0.717) is 24.7 Å². The number of aromatic nitrogens is 2. The molecule has 0 aliphatic rings. The first-order valence-electron chi connectivity index (χ1n) is 6.81. The molecule has 6 heteroatoms. The summed E-state index contributed by atoms with van der Waals surface area (Å²) < 4.78 is 10.5. The van der Waals surface area contributed by atoms with Crippen molar-refractivity contribution in [1.82, 2.24) is 15.5 Å². The normalized spacial score (nSPS) is 10.7. The summed E-state index contributed by atoms with van der Waals surface area (Å²) in [5.74, 6) is 2.38. The Hall–Kier alpha value is -2.11. The van der Waals surface area contributed by atoms with Crippen LogP contribution >= 0.6 is 0 Å². The summed E-state index contributed by atoms with van der Waals surface area (Å²) in [6.45, 7) is 4.64. The average Bonchev–Trinajstić information content (AvgIpc) is 3.00. The molecule has 108 valence electrons. The largest absolute Gasteiger partial charge is 0.466 e. The summed E-state index contributed by atoms with van der Waals surface area (Å²) in [4.78, 5) is 15.8. The molecule has 0 fully saturated rings. The number of nitrogens with one attached hydrogen (secondary N) is 1. The molecule has 2 aromatic heterocycles. The van der Waals surface area contributed by atoms with Crippen LogP contribution in [0, 0.1) is 6.92 Å². The van der Waals surface area contributed by atoms with E-state index in [1.54, 1.807) is 0 Å².